The van der Waals surface area contributed by atoms with E-state index in [0.29, 0.717) is 0 Å². The van der Waals surface area contributed by atoms with Crippen LogP contribution < -0.4 is 0 Å². The molecule has 2 heteroatoms. The third-order valence-corrected chi connectivity index (χ3v) is 2.40. The average Bonchev–Trinajstić information content (AvgIpc) is 2.36. The van der Waals surface area contributed by atoms with Crippen LogP contribution >= 0.6 is 11.3 Å². The summed E-state index contributed by atoms with van der Waals surface area (Å²) >= 11 is 1.79. The fourth-order valence-electron chi connectivity index (χ4n) is 0.913. The molecule has 0 saturated heterocycles. The zero-order valence-electron chi connectivity index (χ0n) is 7.96. The minimum absolute atomic E-state index is 0.00272. The molecule has 68 valence electrons. The predicted molar refractivity (Wildman–Crippen MR) is 53.7 cm³/mol. The molecule has 0 N–H and O–H groups in total. The van der Waals surface area contributed by atoms with Gasteiger partial charge in [-0.25, -0.2) is 0 Å². The number of ether oxygens (including phenoxy) is 1. The van der Waals surface area contributed by atoms with Crippen molar-refractivity contribution in [2.24, 2.45) is 0 Å². The molecule has 1 nitrogen and oxygen atoms in total. The molecular formula is C10H16OS. The summed E-state index contributed by atoms with van der Waals surface area (Å²) in [6.45, 7) is 7.08. The standard InChI is InChI=1S/C10H16OS/c1-10(2,3)11-7-6-9-5-4-8-12-9/h4-5,8H,6-7H2,1-3H3. The fraction of sp³-hybridized carbons (Fsp3) is 0.600. The molecule has 0 saturated carbocycles. The molecule has 1 heterocycles. The van der Waals surface area contributed by atoms with E-state index < -0.39 is 0 Å². The van der Waals surface area contributed by atoms with Gasteiger partial charge in [-0.2, -0.15) is 0 Å². The molecular weight excluding hydrogens is 168 g/mol. The molecule has 0 aliphatic rings. The molecule has 0 spiro atoms. The quantitative estimate of drug-likeness (QED) is 0.701. The number of hydrogen-bond donors (Lipinski definition) is 0. The van der Waals surface area contributed by atoms with Gasteiger partial charge >= 0.3 is 0 Å². The molecule has 0 aliphatic heterocycles. The lowest BCUT2D eigenvalue weighted by molar-refractivity contribution is -0.000730. The number of rotatable bonds is 3. The molecule has 0 bridgehead atoms. The zero-order valence-corrected chi connectivity index (χ0v) is 8.78. The monoisotopic (exact) mass is 184 g/mol. The second-order valence-corrected chi connectivity index (χ2v) is 4.82. The van der Waals surface area contributed by atoms with Gasteiger partial charge in [0.2, 0.25) is 0 Å². The van der Waals surface area contributed by atoms with Crippen LogP contribution in [0.4, 0.5) is 0 Å². The summed E-state index contributed by atoms with van der Waals surface area (Å²) in [5.41, 5.74) is -0.00272. The molecule has 0 unspecified atom stereocenters. The Hall–Kier alpha value is -0.340. The Labute approximate surface area is 78.4 Å². The van der Waals surface area contributed by atoms with Crippen LogP contribution in [-0.4, -0.2) is 12.2 Å². The van der Waals surface area contributed by atoms with Gasteiger partial charge in [-0.3, -0.25) is 0 Å². The topological polar surface area (TPSA) is 9.23 Å². The van der Waals surface area contributed by atoms with Crippen molar-refractivity contribution < 1.29 is 4.74 Å². The Kier molecular flexibility index (Phi) is 3.29. The highest BCUT2D eigenvalue weighted by Gasteiger charge is 2.09. The second-order valence-electron chi connectivity index (χ2n) is 3.79. The predicted octanol–water partition coefficient (Wildman–Crippen LogP) is 3.11. The van der Waals surface area contributed by atoms with Gasteiger partial charge < -0.3 is 4.74 Å². The Morgan fingerprint density at radius 1 is 1.42 bits per heavy atom. The zero-order chi connectivity index (χ0) is 9.03. The van der Waals surface area contributed by atoms with Gasteiger partial charge in [-0.15, -0.1) is 11.3 Å². The van der Waals surface area contributed by atoms with E-state index in [-0.39, 0.29) is 5.60 Å². The van der Waals surface area contributed by atoms with E-state index in [1.807, 2.05) is 0 Å². The van der Waals surface area contributed by atoms with E-state index in [4.69, 9.17) is 4.74 Å². The maximum absolute atomic E-state index is 5.61. The van der Waals surface area contributed by atoms with Crippen molar-refractivity contribution in [1.82, 2.24) is 0 Å². The molecule has 12 heavy (non-hydrogen) atoms. The minimum atomic E-state index is -0.00272. The highest BCUT2D eigenvalue weighted by atomic mass is 32.1. The summed E-state index contributed by atoms with van der Waals surface area (Å²) in [4.78, 5) is 1.40. The first-order chi connectivity index (χ1) is 5.58. The minimum Gasteiger partial charge on any atom is -0.375 e. The van der Waals surface area contributed by atoms with Gasteiger partial charge in [-0.1, -0.05) is 6.07 Å². The van der Waals surface area contributed by atoms with E-state index in [9.17, 15) is 0 Å². The van der Waals surface area contributed by atoms with Gasteiger partial charge in [0.15, 0.2) is 0 Å². The van der Waals surface area contributed by atoms with Gasteiger partial charge in [0.1, 0.15) is 0 Å². The highest BCUT2D eigenvalue weighted by molar-refractivity contribution is 7.09. The van der Waals surface area contributed by atoms with E-state index in [1.54, 1.807) is 11.3 Å². The Morgan fingerprint density at radius 2 is 2.17 bits per heavy atom. The van der Waals surface area contributed by atoms with Crippen molar-refractivity contribution in [3.05, 3.63) is 22.4 Å². The van der Waals surface area contributed by atoms with Crippen molar-refractivity contribution in [2.45, 2.75) is 32.8 Å². The molecule has 0 amide bonds. The SMILES string of the molecule is CC(C)(C)OCCc1cccs1. The largest absolute Gasteiger partial charge is 0.375 e. The molecule has 0 fully saturated rings. The first-order valence-electron chi connectivity index (χ1n) is 4.24. The van der Waals surface area contributed by atoms with Crippen LogP contribution in [0.15, 0.2) is 17.5 Å². The summed E-state index contributed by atoms with van der Waals surface area (Å²) < 4.78 is 5.61. The molecule has 0 aromatic carbocycles. The van der Waals surface area contributed by atoms with Gasteiger partial charge in [-0.05, 0) is 32.2 Å². The Bertz CT molecular complexity index is 208. The maximum atomic E-state index is 5.61. The van der Waals surface area contributed by atoms with Crippen LogP contribution in [0.1, 0.15) is 25.6 Å². The molecule has 0 radical (unpaired) electrons. The van der Waals surface area contributed by atoms with Gasteiger partial charge in [0.25, 0.3) is 0 Å². The summed E-state index contributed by atoms with van der Waals surface area (Å²) in [7, 11) is 0. The lowest BCUT2D eigenvalue weighted by atomic mass is 10.2. The first kappa shape index (κ1) is 9.75. The van der Waals surface area contributed by atoms with E-state index in [1.165, 1.54) is 4.88 Å². The average molecular weight is 184 g/mol. The Morgan fingerprint density at radius 3 is 2.67 bits per heavy atom. The summed E-state index contributed by atoms with van der Waals surface area (Å²) in [6.07, 6.45) is 1.04. The van der Waals surface area contributed by atoms with Crippen molar-refractivity contribution in [2.75, 3.05) is 6.61 Å². The lowest BCUT2D eigenvalue weighted by Crippen LogP contribution is -2.20. The molecule has 0 atom stereocenters. The highest BCUT2D eigenvalue weighted by Crippen LogP contribution is 2.12. The van der Waals surface area contributed by atoms with Crippen LogP contribution in [0.2, 0.25) is 0 Å². The van der Waals surface area contributed by atoms with E-state index >= 15 is 0 Å². The fourth-order valence-corrected chi connectivity index (χ4v) is 1.60. The van der Waals surface area contributed by atoms with E-state index in [2.05, 4.69) is 38.3 Å². The smallest absolute Gasteiger partial charge is 0.0598 e. The molecule has 0 aliphatic carbocycles. The molecule has 1 aromatic rings. The molecule has 1 aromatic heterocycles. The third kappa shape index (κ3) is 3.88. The second kappa shape index (κ2) is 4.06. The number of hydrogen-bond acceptors (Lipinski definition) is 2. The maximum Gasteiger partial charge on any atom is 0.0598 e. The van der Waals surface area contributed by atoms with Gasteiger partial charge in [0, 0.05) is 11.3 Å². The normalized spacial score (nSPS) is 11.9. The van der Waals surface area contributed by atoms with Crippen molar-refractivity contribution >= 4 is 11.3 Å². The van der Waals surface area contributed by atoms with Crippen LogP contribution in [0.3, 0.4) is 0 Å². The van der Waals surface area contributed by atoms with Crippen molar-refractivity contribution in [1.29, 1.82) is 0 Å². The van der Waals surface area contributed by atoms with Crippen LogP contribution in [0.5, 0.6) is 0 Å². The third-order valence-electron chi connectivity index (χ3n) is 1.46. The van der Waals surface area contributed by atoms with Crippen LogP contribution in [0.25, 0.3) is 0 Å². The first-order valence-corrected chi connectivity index (χ1v) is 5.12. The molecule has 1 rings (SSSR count). The van der Waals surface area contributed by atoms with Crippen LogP contribution in [0, 0.1) is 0 Å². The van der Waals surface area contributed by atoms with E-state index in [0.717, 1.165) is 13.0 Å². The van der Waals surface area contributed by atoms with Gasteiger partial charge in [0.05, 0.1) is 12.2 Å². The lowest BCUT2D eigenvalue weighted by Gasteiger charge is -2.18. The number of thiophene rings is 1. The Balaban J connectivity index is 2.20. The summed E-state index contributed by atoms with van der Waals surface area (Å²) in [5.74, 6) is 0. The summed E-state index contributed by atoms with van der Waals surface area (Å²) in [5, 5.41) is 2.10. The summed E-state index contributed by atoms with van der Waals surface area (Å²) in [6, 6.07) is 4.23. The van der Waals surface area contributed by atoms with Crippen molar-refractivity contribution in [3.63, 3.8) is 0 Å². The van der Waals surface area contributed by atoms with Crippen molar-refractivity contribution in [3.8, 4) is 0 Å². The van der Waals surface area contributed by atoms with Crippen LogP contribution in [-0.2, 0) is 11.2 Å².